The van der Waals surface area contributed by atoms with Crippen LogP contribution in [0, 0.1) is 5.92 Å². The summed E-state index contributed by atoms with van der Waals surface area (Å²) < 4.78 is 0. The third-order valence-corrected chi connectivity index (χ3v) is 8.16. The van der Waals surface area contributed by atoms with Gasteiger partial charge in [-0.3, -0.25) is 9.59 Å². The van der Waals surface area contributed by atoms with Crippen LogP contribution >= 0.6 is 0 Å². The molecular formula is C29H38N4O3. The Hall–Kier alpha value is -3.09. The van der Waals surface area contributed by atoms with Crippen LogP contribution in [0.4, 0.5) is 4.79 Å². The molecule has 36 heavy (non-hydrogen) atoms. The van der Waals surface area contributed by atoms with E-state index in [1.807, 2.05) is 52.3 Å². The summed E-state index contributed by atoms with van der Waals surface area (Å²) in [4.78, 5) is 42.9. The molecule has 0 aromatic heterocycles. The molecule has 7 nitrogen and oxygen atoms in total. The monoisotopic (exact) mass is 490 g/mol. The molecule has 5 rings (SSSR count). The van der Waals surface area contributed by atoms with E-state index in [-0.39, 0.29) is 29.8 Å². The van der Waals surface area contributed by atoms with E-state index in [0.29, 0.717) is 37.8 Å². The molecule has 0 radical (unpaired) electrons. The second-order valence-corrected chi connectivity index (χ2v) is 10.7. The Bertz CT molecular complexity index is 1080. The first-order chi connectivity index (χ1) is 17.6. The number of hydrogen-bond donors (Lipinski definition) is 2. The topological polar surface area (TPSA) is 81.8 Å². The Labute approximate surface area is 213 Å². The molecule has 1 aliphatic carbocycles. The summed E-state index contributed by atoms with van der Waals surface area (Å²) in [6, 6.07) is 14.1. The first-order valence-corrected chi connectivity index (χ1v) is 13.7. The number of rotatable bonds is 4. The maximum Gasteiger partial charge on any atom is 0.315 e. The summed E-state index contributed by atoms with van der Waals surface area (Å²) in [6.45, 7) is 2.47. The van der Waals surface area contributed by atoms with Gasteiger partial charge in [-0.15, -0.1) is 0 Å². The van der Waals surface area contributed by atoms with E-state index in [1.165, 1.54) is 19.3 Å². The number of amides is 4. The average Bonchev–Trinajstić information content (AvgIpc) is 2.93. The summed E-state index contributed by atoms with van der Waals surface area (Å²) in [7, 11) is 0. The van der Waals surface area contributed by atoms with Crippen molar-refractivity contribution in [3.63, 3.8) is 0 Å². The molecule has 2 saturated heterocycles. The fourth-order valence-corrected chi connectivity index (χ4v) is 6.11. The number of hydrogen-bond acceptors (Lipinski definition) is 3. The van der Waals surface area contributed by atoms with Crippen LogP contribution in [0.2, 0.25) is 0 Å². The number of nitrogens with one attached hydrogen (secondary N) is 2. The van der Waals surface area contributed by atoms with Crippen molar-refractivity contribution in [3.8, 4) is 0 Å². The highest BCUT2D eigenvalue weighted by Crippen LogP contribution is 2.25. The SMILES string of the molecule is O=C(NC1CCCCC1)NC1CCN(C(=O)C2CCCN(C(=O)c3cccc4ccccc34)C2)CC1. The predicted octanol–water partition coefficient (Wildman–Crippen LogP) is 4.31. The molecule has 3 fully saturated rings. The molecule has 0 bridgehead atoms. The van der Waals surface area contributed by atoms with E-state index in [9.17, 15) is 14.4 Å². The number of benzene rings is 2. The molecule has 1 atom stereocenters. The van der Waals surface area contributed by atoms with Gasteiger partial charge >= 0.3 is 6.03 Å². The van der Waals surface area contributed by atoms with Gasteiger partial charge in [-0.25, -0.2) is 4.79 Å². The maximum absolute atomic E-state index is 13.4. The van der Waals surface area contributed by atoms with Gasteiger partial charge in [0.2, 0.25) is 5.91 Å². The van der Waals surface area contributed by atoms with E-state index in [1.54, 1.807) is 0 Å². The minimum absolute atomic E-state index is 0.0104. The summed E-state index contributed by atoms with van der Waals surface area (Å²) in [5.74, 6) is 0.00324. The van der Waals surface area contributed by atoms with Crippen molar-refractivity contribution in [2.24, 2.45) is 5.92 Å². The van der Waals surface area contributed by atoms with Gasteiger partial charge in [0.25, 0.3) is 5.91 Å². The molecule has 2 N–H and O–H groups in total. The first-order valence-electron chi connectivity index (χ1n) is 13.7. The lowest BCUT2D eigenvalue weighted by Gasteiger charge is -2.38. The fraction of sp³-hybridized carbons (Fsp3) is 0.552. The van der Waals surface area contributed by atoms with Crippen molar-refractivity contribution in [2.75, 3.05) is 26.2 Å². The van der Waals surface area contributed by atoms with Crippen molar-refractivity contribution in [1.82, 2.24) is 20.4 Å². The number of urea groups is 1. The molecule has 4 amide bonds. The van der Waals surface area contributed by atoms with Crippen LogP contribution in [0.25, 0.3) is 10.8 Å². The molecule has 2 aliphatic heterocycles. The van der Waals surface area contributed by atoms with Crippen molar-refractivity contribution in [1.29, 1.82) is 0 Å². The zero-order chi connectivity index (χ0) is 24.9. The molecule has 1 unspecified atom stereocenters. The number of piperidine rings is 2. The first kappa shape index (κ1) is 24.6. The quantitative estimate of drug-likeness (QED) is 0.670. The van der Waals surface area contributed by atoms with Crippen LogP contribution in [0.15, 0.2) is 42.5 Å². The molecular weight excluding hydrogens is 452 g/mol. The van der Waals surface area contributed by atoms with E-state index in [2.05, 4.69) is 10.6 Å². The van der Waals surface area contributed by atoms with Crippen LogP contribution in [0.5, 0.6) is 0 Å². The minimum Gasteiger partial charge on any atom is -0.342 e. The smallest absolute Gasteiger partial charge is 0.315 e. The number of nitrogens with zero attached hydrogens (tertiary/aromatic N) is 2. The second kappa shape index (κ2) is 11.3. The highest BCUT2D eigenvalue weighted by Gasteiger charge is 2.34. The van der Waals surface area contributed by atoms with Crippen LogP contribution in [-0.4, -0.2) is 65.9 Å². The summed E-state index contributed by atoms with van der Waals surface area (Å²) in [6.07, 6.45) is 9.00. The fourth-order valence-electron chi connectivity index (χ4n) is 6.11. The molecule has 2 heterocycles. The third-order valence-electron chi connectivity index (χ3n) is 8.16. The largest absolute Gasteiger partial charge is 0.342 e. The molecule has 2 aromatic carbocycles. The van der Waals surface area contributed by atoms with Gasteiger partial charge in [0, 0.05) is 43.8 Å². The number of likely N-dealkylation sites (tertiary alicyclic amines) is 2. The van der Waals surface area contributed by atoms with Gasteiger partial charge in [-0.2, -0.15) is 0 Å². The van der Waals surface area contributed by atoms with Gasteiger partial charge in [-0.05, 0) is 55.4 Å². The number of carbonyl (C=O) groups excluding carboxylic acids is 3. The lowest BCUT2D eigenvalue weighted by atomic mass is 9.94. The van der Waals surface area contributed by atoms with Crippen LogP contribution in [0.3, 0.4) is 0 Å². The Morgan fingerprint density at radius 1 is 0.694 bits per heavy atom. The number of fused-ring (bicyclic) bond motifs is 1. The van der Waals surface area contributed by atoms with E-state index in [0.717, 1.165) is 49.3 Å². The zero-order valence-corrected chi connectivity index (χ0v) is 21.1. The van der Waals surface area contributed by atoms with Crippen molar-refractivity contribution < 1.29 is 14.4 Å². The summed E-state index contributed by atoms with van der Waals surface area (Å²) in [5.41, 5.74) is 0.708. The average molecular weight is 491 g/mol. The lowest BCUT2D eigenvalue weighted by molar-refractivity contribution is -0.138. The molecule has 2 aromatic rings. The van der Waals surface area contributed by atoms with Gasteiger partial charge in [0.15, 0.2) is 0 Å². The van der Waals surface area contributed by atoms with E-state index < -0.39 is 0 Å². The van der Waals surface area contributed by atoms with E-state index >= 15 is 0 Å². The maximum atomic E-state index is 13.4. The van der Waals surface area contributed by atoms with Gasteiger partial charge in [0.05, 0.1) is 5.92 Å². The summed E-state index contributed by atoms with van der Waals surface area (Å²) >= 11 is 0. The molecule has 1 saturated carbocycles. The zero-order valence-electron chi connectivity index (χ0n) is 21.1. The molecule has 7 heteroatoms. The van der Waals surface area contributed by atoms with Gasteiger partial charge in [0.1, 0.15) is 0 Å². The number of carbonyl (C=O) groups is 3. The highest BCUT2D eigenvalue weighted by molar-refractivity contribution is 6.07. The minimum atomic E-state index is -0.156. The third kappa shape index (κ3) is 5.66. The Balaban J connectivity index is 1.13. The molecule has 192 valence electrons. The van der Waals surface area contributed by atoms with Crippen molar-refractivity contribution >= 4 is 28.6 Å². The Morgan fingerprint density at radius 3 is 2.17 bits per heavy atom. The predicted molar refractivity (Wildman–Crippen MR) is 141 cm³/mol. The van der Waals surface area contributed by atoms with Crippen LogP contribution < -0.4 is 10.6 Å². The standard InChI is InChI=1S/C29H38N4O3/c34-27(32-18-15-24(16-19-32)31-29(36)30-23-11-2-1-3-12-23)22-10-7-17-33(20-22)28(35)26-14-6-9-21-8-4-5-13-25(21)26/h4-6,8-9,13-14,22-24H,1-3,7,10-12,15-20H2,(H2,30,31,36). The second-order valence-electron chi connectivity index (χ2n) is 10.7. The van der Waals surface area contributed by atoms with Gasteiger partial charge in [-0.1, -0.05) is 55.7 Å². The highest BCUT2D eigenvalue weighted by atomic mass is 16.2. The summed E-state index contributed by atoms with van der Waals surface area (Å²) in [5, 5.41) is 8.25. The Morgan fingerprint density at radius 2 is 1.39 bits per heavy atom. The molecule has 0 spiro atoms. The molecule has 3 aliphatic rings. The Kier molecular flexibility index (Phi) is 7.73. The van der Waals surface area contributed by atoms with Gasteiger partial charge < -0.3 is 20.4 Å². The lowest BCUT2D eigenvalue weighted by Crippen LogP contribution is -2.53. The van der Waals surface area contributed by atoms with Crippen LogP contribution in [-0.2, 0) is 4.79 Å². The van der Waals surface area contributed by atoms with E-state index in [4.69, 9.17) is 0 Å². The van der Waals surface area contributed by atoms with Crippen molar-refractivity contribution in [3.05, 3.63) is 48.0 Å². The van der Waals surface area contributed by atoms with Crippen LogP contribution in [0.1, 0.15) is 68.1 Å². The van der Waals surface area contributed by atoms with Crippen molar-refractivity contribution in [2.45, 2.75) is 69.9 Å². The normalized spacial score (nSPS) is 21.8.